The van der Waals surface area contributed by atoms with Gasteiger partial charge in [0.15, 0.2) is 0 Å². The molecule has 3 N–H and O–H groups in total. The quantitative estimate of drug-likeness (QED) is 0.504. The van der Waals surface area contributed by atoms with Gasteiger partial charge in [-0.3, -0.25) is 0 Å². The molecule has 3 aromatic rings. The number of aliphatic hydroxyl groups excluding tert-OH is 1. The summed E-state index contributed by atoms with van der Waals surface area (Å²) in [6.07, 6.45) is 3.36. The van der Waals surface area contributed by atoms with Gasteiger partial charge in [-0.15, -0.1) is 0 Å². The Balaban J connectivity index is 0.00000193. The summed E-state index contributed by atoms with van der Waals surface area (Å²) in [5.74, 6) is 0.803. The highest BCUT2D eigenvalue weighted by molar-refractivity contribution is 5.96. The van der Waals surface area contributed by atoms with E-state index in [1.807, 2.05) is 49.4 Å². The second-order valence-corrected chi connectivity index (χ2v) is 7.58. The van der Waals surface area contributed by atoms with Gasteiger partial charge in [0.2, 0.25) is 0 Å². The molecule has 0 unspecified atom stereocenters. The van der Waals surface area contributed by atoms with Crippen molar-refractivity contribution in [1.29, 1.82) is 5.26 Å². The molecule has 0 radical (unpaired) electrons. The van der Waals surface area contributed by atoms with Crippen molar-refractivity contribution < 1.29 is 17.5 Å². The maximum Gasteiger partial charge on any atom is 0.319 e. The minimum Gasteiger partial charge on any atom is -0.494 e. The fraction of sp³-hybridized carbons (Fsp3) is 0.333. The Morgan fingerprint density at radius 2 is 2.06 bits per heavy atom. The lowest BCUT2D eigenvalue weighted by Crippen LogP contribution is -2.30. The molecule has 1 aliphatic rings. The van der Waals surface area contributed by atoms with Gasteiger partial charge in [-0.1, -0.05) is 12.1 Å². The van der Waals surface area contributed by atoms with Crippen LogP contribution in [0.2, 0.25) is 0 Å². The van der Waals surface area contributed by atoms with E-state index < -0.39 is 0 Å². The Bertz CT molecular complexity index is 1140. The molecule has 7 heteroatoms. The maximum absolute atomic E-state index is 11.8. The van der Waals surface area contributed by atoms with Crippen molar-refractivity contribution in [2.24, 2.45) is 0 Å². The zero-order valence-electron chi connectivity index (χ0n) is 17.5. The smallest absolute Gasteiger partial charge is 0.319 e. The Hall–Kier alpha value is -3.50. The van der Waals surface area contributed by atoms with Gasteiger partial charge in [0, 0.05) is 32.6 Å². The summed E-state index contributed by atoms with van der Waals surface area (Å²) < 4.78 is 8.00. The topological polar surface area (TPSA) is 99.3 Å². The van der Waals surface area contributed by atoms with Crippen LogP contribution in [-0.4, -0.2) is 35.5 Å². The van der Waals surface area contributed by atoms with Crippen molar-refractivity contribution in [3.05, 3.63) is 48.0 Å². The Labute approximate surface area is 184 Å². The molecule has 0 aliphatic heterocycles. The molecule has 2 aromatic carbocycles. The van der Waals surface area contributed by atoms with Crippen molar-refractivity contribution in [1.82, 2.24) is 9.88 Å². The number of nitrogens with zero attached hydrogens (tertiary/aromatic N) is 2. The van der Waals surface area contributed by atoms with Gasteiger partial charge < -0.3 is 25.0 Å². The summed E-state index contributed by atoms with van der Waals surface area (Å²) in [7, 11) is 0. The molecule has 31 heavy (non-hydrogen) atoms. The first-order valence-corrected chi connectivity index (χ1v) is 10.6. The van der Waals surface area contributed by atoms with Gasteiger partial charge in [-0.2, -0.15) is 5.26 Å². The van der Waals surface area contributed by atoms with E-state index in [2.05, 4.69) is 21.3 Å². The highest BCUT2D eigenvalue weighted by Gasteiger charge is 2.28. The number of hydrogen-bond donors (Lipinski definition) is 3. The number of ether oxygens (including phenoxy) is 1. The standard InChI is InChI=1S/C24H26N4O3.2H2/c1-2-31-19-10-11-20-21(15-25)23(28(22(20)14-19)18-4-3-5-18)16-6-8-17(9-7-16)27-24(30)26-12-13-29;;/h6-11,14,18,29H,2-5,12-13H2,1H3,(H2,26,27,30);2*1H. The van der Waals surface area contributed by atoms with Crippen LogP contribution >= 0.6 is 0 Å². The number of aromatic nitrogens is 1. The van der Waals surface area contributed by atoms with Gasteiger partial charge in [-0.25, -0.2) is 4.79 Å². The third kappa shape index (κ3) is 4.07. The van der Waals surface area contributed by atoms with Crippen LogP contribution in [0.1, 0.15) is 40.6 Å². The molecule has 164 valence electrons. The summed E-state index contributed by atoms with van der Waals surface area (Å²) in [5, 5.41) is 25.1. The fourth-order valence-electron chi connectivity index (χ4n) is 4.02. The number of rotatable bonds is 7. The predicted octanol–water partition coefficient (Wildman–Crippen LogP) is 4.91. The summed E-state index contributed by atoms with van der Waals surface area (Å²) >= 11 is 0. The first kappa shape index (κ1) is 20.8. The molecular weight excluding hydrogens is 392 g/mol. The monoisotopic (exact) mass is 422 g/mol. The van der Waals surface area contributed by atoms with E-state index in [-0.39, 0.29) is 22.0 Å². The number of aliphatic hydroxyl groups is 1. The van der Waals surface area contributed by atoms with Crippen molar-refractivity contribution in [3.63, 3.8) is 0 Å². The number of urea groups is 1. The van der Waals surface area contributed by atoms with Crippen LogP contribution in [0.15, 0.2) is 42.5 Å². The number of hydrogen-bond acceptors (Lipinski definition) is 4. The van der Waals surface area contributed by atoms with Crippen LogP contribution in [0.4, 0.5) is 10.5 Å². The lowest BCUT2D eigenvalue weighted by molar-refractivity contribution is 0.245. The number of nitriles is 1. The Morgan fingerprint density at radius 1 is 1.29 bits per heavy atom. The van der Waals surface area contributed by atoms with Crippen molar-refractivity contribution in [2.45, 2.75) is 32.2 Å². The van der Waals surface area contributed by atoms with Crippen molar-refractivity contribution in [3.8, 4) is 23.1 Å². The SMILES string of the molecule is CCOc1ccc2c(C#N)c(-c3ccc(NC(=O)NCCO)cc3)n(C3CCC3)c2c1.[HH].[HH]. The molecule has 0 bridgehead atoms. The highest BCUT2D eigenvalue weighted by Crippen LogP contribution is 2.43. The van der Waals surface area contributed by atoms with E-state index in [1.165, 1.54) is 6.42 Å². The van der Waals surface area contributed by atoms with Crippen LogP contribution in [0.3, 0.4) is 0 Å². The second kappa shape index (κ2) is 9.11. The van der Waals surface area contributed by atoms with Gasteiger partial charge >= 0.3 is 6.03 Å². The lowest BCUT2D eigenvalue weighted by Gasteiger charge is -2.30. The average Bonchev–Trinajstić information content (AvgIpc) is 3.05. The molecule has 1 heterocycles. The van der Waals surface area contributed by atoms with Crippen LogP contribution in [0.25, 0.3) is 22.2 Å². The summed E-state index contributed by atoms with van der Waals surface area (Å²) in [6.45, 7) is 2.63. The van der Waals surface area contributed by atoms with E-state index >= 15 is 0 Å². The molecule has 1 saturated carbocycles. The van der Waals surface area contributed by atoms with E-state index in [0.29, 0.717) is 23.9 Å². The van der Waals surface area contributed by atoms with E-state index in [9.17, 15) is 10.1 Å². The summed E-state index contributed by atoms with van der Waals surface area (Å²) in [5.41, 5.74) is 4.16. The Morgan fingerprint density at radius 3 is 2.68 bits per heavy atom. The molecular formula is C24H30N4O3. The molecule has 1 fully saturated rings. The third-order valence-electron chi connectivity index (χ3n) is 5.65. The molecule has 7 nitrogen and oxygen atoms in total. The minimum absolute atomic E-state index is 0. The first-order chi connectivity index (χ1) is 15.2. The van der Waals surface area contributed by atoms with E-state index in [1.54, 1.807) is 0 Å². The maximum atomic E-state index is 11.8. The average molecular weight is 423 g/mol. The van der Waals surface area contributed by atoms with Gasteiger partial charge in [-0.05, 0) is 56.0 Å². The van der Waals surface area contributed by atoms with Crippen LogP contribution < -0.4 is 15.4 Å². The number of benzene rings is 2. The molecule has 4 rings (SSSR count). The molecule has 0 spiro atoms. The van der Waals surface area contributed by atoms with Crippen molar-refractivity contribution in [2.75, 3.05) is 25.1 Å². The van der Waals surface area contributed by atoms with Gasteiger partial charge in [0.25, 0.3) is 0 Å². The van der Waals surface area contributed by atoms with Crippen LogP contribution in [0, 0.1) is 11.3 Å². The largest absolute Gasteiger partial charge is 0.494 e. The van der Waals surface area contributed by atoms with E-state index in [0.717, 1.165) is 40.8 Å². The molecule has 0 atom stereocenters. The number of carbonyl (C=O) groups is 1. The Kier molecular flexibility index (Phi) is 6.10. The first-order valence-electron chi connectivity index (χ1n) is 10.6. The number of nitrogens with one attached hydrogen (secondary N) is 2. The van der Waals surface area contributed by atoms with E-state index in [4.69, 9.17) is 9.84 Å². The zero-order valence-corrected chi connectivity index (χ0v) is 17.5. The molecule has 2 amide bonds. The molecule has 1 aromatic heterocycles. The second-order valence-electron chi connectivity index (χ2n) is 7.58. The highest BCUT2D eigenvalue weighted by atomic mass is 16.5. The van der Waals surface area contributed by atoms with Gasteiger partial charge in [0.05, 0.1) is 30.0 Å². The number of fused-ring (bicyclic) bond motifs is 1. The minimum atomic E-state index is -0.369. The zero-order chi connectivity index (χ0) is 21.8. The number of carbonyl (C=O) groups excluding carboxylic acids is 1. The van der Waals surface area contributed by atoms with Crippen LogP contribution in [-0.2, 0) is 0 Å². The molecule has 1 aliphatic carbocycles. The summed E-state index contributed by atoms with van der Waals surface area (Å²) in [4.78, 5) is 11.8. The van der Waals surface area contributed by atoms with Gasteiger partial charge in [0.1, 0.15) is 11.8 Å². The third-order valence-corrected chi connectivity index (χ3v) is 5.65. The molecule has 0 saturated heterocycles. The number of anilines is 1. The lowest BCUT2D eigenvalue weighted by atomic mass is 9.92. The van der Waals surface area contributed by atoms with Crippen molar-refractivity contribution >= 4 is 22.6 Å². The normalized spacial score (nSPS) is 13.5. The fourth-order valence-corrected chi connectivity index (χ4v) is 4.02. The summed E-state index contributed by atoms with van der Waals surface area (Å²) in [6, 6.07) is 15.8. The predicted molar refractivity (Wildman–Crippen MR) is 124 cm³/mol. The number of amides is 2. The van der Waals surface area contributed by atoms with Crippen LogP contribution in [0.5, 0.6) is 5.75 Å².